The normalized spacial score (nSPS) is 24.6. The van der Waals surface area contributed by atoms with Crippen molar-refractivity contribution in [1.82, 2.24) is 0 Å². The third kappa shape index (κ3) is 3.51. The van der Waals surface area contributed by atoms with Gasteiger partial charge in [-0.3, -0.25) is 4.74 Å². The van der Waals surface area contributed by atoms with Gasteiger partial charge in [0.15, 0.2) is 0 Å². The maximum atomic E-state index is 11.8. The van der Waals surface area contributed by atoms with Crippen LogP contribution < -0.4 is 5.73 Å². The van der Waals surface area contributed by atoms with E-state index in [1.165, 1.54) is 6.08 Å². The number of rotatable bonds is 2. The smallest absolute Gasteiger partial charge is 0.324 e. The van der Waals surface area contributed by atoms with E-state index in [1.54, 1.807) is 19.1 Å². The van der Waals surface area contributed by atoms with Crippen molar-refractivity contribution >= 4 is 0 Å². The molecule has 0 radical (unpaired) electrons. The molecule has 0 heterocycles. The second-order valence-corrected chi connectivity index (χ2v) is 3.19. The summed E-state index contributed by atoms with van der Waals surface area (Å²) in [5.74, 6) is 0. The third-order valence-corrected chi connectivity index (χ3v) is 1.90. The third-order valence-electron chi connectivity index (χ3n) is 1.90. The Hall–Kier alpha value is -0.810. The SMILES string of the molecule is CC(N)C1=CC[C@@H](OC(F)(F)F)C=C1. The first kappa shape index (κ1) is 11.3. The molecule has 1 aliphatic rings. The average Bonchev–Trinajstić information content (AvgIpc) is 2.02. The highest BCUT2D eigenvalue weighted by Gasteiger charge is 2.32. The van der Waals surface area contributed by atoms with Crippen LogP contribution in [-0.4, -0.2) is 18.5 Å². The molecule has 2 nitrogen and oxygen atoms in total. The van der Waals surface area contributed by atoms with Gasteiger partial charge in [-0.2, -0.15) is 0 Å². The number of nitrogens with two attached hydrogens (primary N) is 1. The van der Waals surface area contributed by atoms with Crippen LogP contribution in [0.1, 0.15) is 13.3 Å². The quantitative estimate of drug-likeness (QED) is 0.752. The van der Waals surface area contributed by atoms with Crippen LogP contribution in [-0.2, 0) is 4.74 Å². The molecule has 0 bridgehead atoms. The van der Waals surface area contributed by atoms with Crippen molar-refractivity contribution in [2.45, 2.75) is 31.9 Å². The zero-order valence-electron chi connectivity index (χ0n) is 7.71. The van der Waals surface area contributed by atoms with Gasteiger partial charge in [0.2, 0.25) is 0 Å². The number of ether oxygens (including phenoxy) is 1. The summed E-state index contributed by atoms with van der Waals surface area (Å²) < 4.78 is 39.2. The molecule has 0 aromatic rings. The number of hydrogen-bond donors (Lipinski definition) is 1. The summed E-state index contributed by atoms with van der Waals surface area (Å²) in [6.45, 7) is 1.78. The fraction of sp³-hybridized carbons (Fsp3) is 0.556. The van der Waals surface area contributed by atoms with E-state index in [1.807, 2.05) is 0 Å². The van der Waals surface area contributed by atoms with Gasteiger partial charge in [0, 0.05) is 6.04 Å². The molecule has 0 saturated carbocycles. The van der Waals surface area contributed by atoms with E-state index in [-0.39, 0.29) is 12.5 Å². The highest BCUT2D eigenvalue weighted by Crippen LogP contribution is 2.24. The molecule has 2 atom stereocenters. The molecule has 0 aromatic heterocycles. The molecule has 0 aromatic carbocycles. The Balaban J connectivity index is 2.49. The van der Waals surface area contributed by atoms with Crippen LogP contribution in [0.2, 0.25) is 0 Å². The Morgan fingerprint density at radius 2 is 2.21 bits per heavy atom. The van der Waals surface area contributed by atoms with Crippen LogP contribution >= 0.6 is 0 Å². The Labute approximate surface area is 80.2 Å². The minimum Gasteiger partial charge on any atom is -0.324 e. The fourth-order valence-corrected chi connectivity index (χ4v) is 1.21. The van der Waals surface area contributed by atoms with E-state index in [2.05, 4.69) is 4.74 Å². The van der Waals surface area contributed by atoms with Gasteiger partial charge in [0.25, 0.3) is 0 Å². The van der Waals surface area contributed by atoms with Crippen molar-refractivity contribution in [2.75, 3.05) is 0 Å². The van der Waals surface area contributed by atoms with Crippen LogP contribution in [0.25, 0.3) is 0 Å². The number of hydrogen-bond acceptors (Lipinski definition) is 2. The molecule has 1 rings (SSSR count). The van der Waals surface area contributed by atoms with Crippen LogP contribution in [0.3, 0.4) is 0 Å². The summed E-state index contributed by atoms with van der Waals surface area (Å²) in [4.78, 5) is 0. The monoisotopic (exact) mass is 207 g/mol. The van der Waals surface area contributed by atoms with Gasteiger partial charge in [-0.1, -0.05) is 18.2 Å². The molecule has 0 spiro atoms. The number of halogens is 3. The van der Waals surface area contributed by atoms with Gasteiger partial charge in [0.05, 0.1) is 6.10 Å². The summed E-state index contributed by atoms with van der Waals surface area (Å²) in [5.41, 5.74) is 6.40. The van der Waals surface area contributed by atoms with Crippen molar-refractivity contribution in [3.05, 3.63) is 23.8 Å². The highest BCUT2D eigenvalue weighted by molar-refractivity contribution is 5.28. The zero-order valence-corrected chi connectivity index (χ0v) is 7.71. The molecule has 0 fully saturated rings. The van der Waals surface area contributed by atoms with Crippen molar-refractivity contribution in [2.24, 2.45) is 5.73 Å². The van der Waals surface area contributed by atoms with Crippen LogP contribution in [0, 0.1) is 0 Å². The van der Waals surface area contributed by atoms with E-state index < -0.39 is 12.5 Å². The molecule has 2 N–H and O–H groups in total. The fourth-order valence-electron chi connectivity index (χ4n) is 1.21. The zero-order chi connectivity index (χ0) is 10.8. The van der Waals surface area contributed by atoms with Crippen molar-refractivity contribution in [1.29, 1.82) is 0 Å². The highest BCUT2D eigenvalue weighted by atomic mass is 19.4. The molecule has 1 aliphatic carbocycles. The lowest BCUT2D eigenvalue weighted by molar-refractivity contribution is -0.336. The van der Waals surface area contributed by atoms with Crippen LogP contribution in [0.5, 0.6) is 0 Å². The van der Waals surface area contributed by atoms with E-state index in [0.717, 1.165) is 5.57 Å². The first-order chi connectivity index (χ1) is 6.38. The van der Waals surface area contributed by atoms with Gasteiger partial charge >= 0.3 is 6.36 Å². The molecule has 0 amide bonds. The largest absolute Gasteiger partial charge is 0.523 e. The Morgan fingerprint density at radius 1 is 1.57 bits per heavy atom. The Bertz CT molecular complexity index is 255. The molecule has 14 heavy (non-hydrogen) atoms. The maximum Gasteiger partial charge on any atom is 0.523 e. The Morgan fingerprint density at radius 3 is 2.57 bits per heavy atom. The van der Waals surface area contributed by atoms with Gasteiger partial charge in [-0.05, 0) is 18.9 Å². The predicted molar refractivity (Wildman–Crippen MR) is 46.4 cm³/mol. The molecule has 80 valence electrons. The van der Waals surface area contributed by atoms with E-state index in [0.29, 0.717) is 0 Å². The summed E-state index contributed by atoms with van der Waals surface area (Å²) in [6, 6.07) is -0.155. The van der Waals surface area contributed by atoms with E-state index in [9.17, 15) is 13.2 Å². The second-order valence-electron chi connectivity index (χ2n) is 3.19. The first-order valence-corrected chi connectivity index (χ1v) is 4.27. The van der Waals surface area contributed by atoms with Crippen molar-refractivity contribution < 1.29 is 17.9 Å². The predicted octanol–water partition coefficient (Wildman–Crippen LogP) is 2.12. The van der Waals surface area contributed by atoms with Gasteiger partial charge in [0.1, 0.15) is 0 Å². The summed E-state index contributed by atoms with van der Waals surface area (Å²) in [5, 5.41) is 0. The molecule has 0 aliphatic heterocycles. The van der Waals surface area contributed by atoms with Gasteiger partial charge in [-0.25, -0.2) is 0 Å². The first-order valence-electron chi connectivity index (χ1n) is 4.27. The minimum absolute atomic E-state index is 0.155. The Kier molecular flexibility index (Phi) is 3.34. The lowest BCUT2D eigenvalue weighted by Gasteiger charge is -2.19. The lowest BCUT2D eigenvalue weighted by Crippen LogP contribution is -2.25. The number of alkyl halides is 3. The summed E-state index contributed by atoms with van der Waals surface area (Å²) in [6.07, 6.45) is -0.656. The van der Waals surface area contributed by atoms with E-state index >= 15 is 0 Å². The maximum absolute atomic E-state index is 11.8. The van der Waals surface area contributed by atoms with Crippen molar-refractivity contribution in [3.8, 4) is 0 Å². The molecule has 5 heteroatoms. The van der Waals surface area contributed by atoms with Gasteiger partial charge in [-0.15, -0.1) is 13.2 Å². The van der Waals surface area contributed by atoms with Crippen LogP contribution in [0.15, 0.2) is 23.8 Å². The lowest BCUT2D eigenvalue weighted by atomic mass is 10.0. The summed E-state index contributed by atoms with van der Waals surface area (Å²) in [7, 11) is 0. The van der Waals surface area contributed by atoms with Crippen molar-refractivity contribution in [3.63, 3.8) is 0 Å². The minimum atomic E-state index is -4.57. The topological polar surface area (TPSA) is 35.2 Å². The standard InChI is InChI=1S/C9H12F3NO/c1-6(13)7-2-4-8(5-3-7)14-9(10,11)12/h2-4,6,8H,5,13H2,1H3/t6?,8-/m0/s1. The molecule has 1 unspecified atom stereocenters. The molecular formula is C9H12F3NO. The van der Waals surface area contributed by atoms with E-state index in [4.69, 9.17) is 5.73 Å². The van der Waals surface area contributed by atoms with Crippen LogP contribution in [0.4, 0.5) is 13.2 Å². The van der Waals surface area contributed by atoms with Gasteiger partial charge < -0.3 is 5.73 Å². The molecular weight excluding hydrogens is 195 g/mol. The average molecular weight is 207 g/mol. The summed E-state index contributed by atoms with van der Waals surface area (Å²) >= 11 is 0. The molecule has 0 saturated heterocycles. The second kappa shape index (κ2) is 4.14.